The first-order valence-corrected chi connectivity index (χ1v) is 6.57. The molecule has 0 fully saturated rings. The predicted octanol–water partition coefficient (Wildman–Crippen LogP) is 3.86. The summed E-state index contributed by atoms with van der Waals surface area (Å²) in [6.07, 6.45) is 4.11. The van der Waals surface area contributed by atoms with E-state index in [2.05, 4.69) is 59.4 Å². The Morgan fingerprint density at radius 3 is 2.81 bits per heavy atom. The van der Waals surface area contributed by atoms with E-state index in [1.807, 2.05) is 0 Å². The van der Waals surface area contributed by atoms with Crippen LogP contribution in [0.5, 0.6) is 0 Å². The van der Waals surface area contributed by atoms with E-state index in [4.69, 9.17) is 4.98 Å². The van der Waals surface area contributed by atoms with Crippen LogP contribution in [0, 0.1) is 5.92 Å². The van der Waals surface area contributed by atoms with Crippen molar-refractivity contribution in [3.63, 3.8) is 0 Å². The number of pyridine rings is 1. The van der Waals surface area contributed by atoms with Gasteiger partial charge in [0.25, 0.3) is 0 Å². The van der Waals surface area contributed by atoms with E-state index >= 15 is 0 Å². The van der Waals surface area contributed by atoms with Crippen molar-refractivity contribution in [1.29, 1.82) is 0 Å². The summed E-state index contributed by atoms with van der Waals surface area (Å²) in [7, 11) is 0. The van der Waals surface area contributed by atoms with Gasteiger partial charge in [0.1, 0.15) is 10.3 Å². The van der Waals surface area contributed by atoms with Gasteiger partial charge in [-0.05, 0) is 46.3 Å². The Hall–Kier alpha value is -0.830. The molecule has 0 bridgehead atoms. The number of halogens is 1. The lowest BCUT2D eigenvalue weighted by Gasteiger charge is -2.00. The fraction of sp³-hybridized carbons (Fsp3) is 0.462. The summed E-state index contributed by atoms with van der Waals surface area (Å²) >= 11 is 3.64. The molecule has 2 rings (SSSR count). The molecule has 2 aromatic heterocycles. The van der Waals surface area contributed by atoms with Crippen LogP contribution in [0.1, 0.15) is 32.0 Å². The van der Waals surface area contributed by atoms with Crippen molar-refractivity contribution in [3.8, 4) is 0 Å². The molecule has 3 heteroatoms. The van der Waals surface area contributed by atoms with Crippen LogP contribution in [0.3, 0.4) is 0 Å². The highest BCUT2D eigenvalue weighted by Gasteiger charge is 2.12. The van der Waals surface area contributed by atoms with Crippen molar-refractivity contribution >= 4 is 21.6 Å². The number of rotatable bonds is 3. The molecule has 0 radical (unpaired) electrons. The molecule has 86 valence electrons. The SMILES string of the molecule is CCc1cccn2c(Br)c(CC(C)C)nc12. The number of fused-ring (bicyclic) bond motifs is 1. The summed E-state index contributed by atoms with van der Waals surface area (Å²) in [5.41, 5.74) is 3.56. The Bertz CT molecular complexity index is 500. The first-order valence-electron chi connectivity index (χ1n) is 5.77. The summed E-state index contributed by atoms with van der Waals surface area (Å²) in [5.74, 6) is 0.631. The molecule has 0 atom stereocenters. The molecule has 0 saturated carbocycles. The fourth-order valence-corrected chi connectivity index (χ4v) is 2.47. The second kappa shape index (κ2) is 4.58. The standard InChI is InChI=1S/C13H17BrN2/c1-4-10-6-5-7-16-12(14)11(8-9(2)3)15-13(10)16/h5-7,9H,4,8H2,1-3H3. The van der Waals surface area contributed by atoms with E-state index in [-0.39, 0.29) is 0 Å². The molecule has 2 aromatic rings. The van der Waals surface area contributed by atoms with Crippen LogP contribution in [-0.2, 0) is 12.8 Å². The van der Waals surface area contributed by atoms with Crippen LogP contribution in [0.15, 0.2) is 22.9 Å². The van der Waals surface area contributed by atoms with Crippen LogP contribution in [0.4, 0.5) is 0 Å². The Labute approximate surface area is 105 Å². The van der Waals surface area contributed by atoms with E-state index in [1.54, 1.807) is 0 Å². The van der Waals surface area contributed by atoms with Gasteiger partial charge in [0.2, 0.25) is 0 Å². The Morgan fingerprint density at radius 2 is 2.19 bits per heavy atom. The van der Waals surface area contributed by atoms with Gasteiger partial charge >= 0.3 is 0 Å². The van der Waals surface area contributed by atoms with E-state index < -0.39 is 0 Å². The molecule has 0 aliphatic carbocycles. The van der Waals surface area contributed by atoms with Gasteiger partial charge in [0, 0.05) is 6.20 Å². The molecular formula is C13H17BrN2. The van der Waals surface area contributed by atoms with Crippen LogP contribution in [-0.4, -0.2) is 9.38 Å². The molecule has 0 unspecified atom stereocenters. The topological polar surface area (TPSA) is 17.3 Å². The summed E-state index contributed by atoms with van der Waals surface area (Å²) in [6, 6.07) is 4.23. The fourth-order valence-electron chi connectivity index (χ4n) is 1.93. The van der Waals surface area contributed by atoms with Crippen molar-refractivity contribution < 1.29 is 0 Å². The zero-order valence-corrected chi connectivity index (χ0v) is 11.6. The lowest BCUT2D eigenvalue weighted by molar-refractivity contribution is 0.636. The first kappa shape index (κ1) is 11.6. The van der Waals surface area contributed by atoms with Gasteiger partial charge in [-0.15, -0.1) is 0 Å². The molecule has 0 saturated heterocycles. The largest absolute Gasteiger partial charge is 0.294 e. The summed E-state index contributed by atoms with van der Waals surface area (Å²) < 4.78 is 3.24. The maximum absolute atomic E-state index is 4.74. The third kappa shape index (κ3) is 2.01. The second-order valence-corrected chi connectivity index (χ2v) is 5.28. The Morgan fingerprint density at radius 1 is 1.44 bits per heavy atom. The van der Waals surface area contributed by atoms with E-state index in [0.717, 1.165) is 28.8 Å². The van der Waals surface area contributed by atoms with Gasteiger partial charge in [-0.2, -0.15) is 0 Å². The average Bonchev–Trinajstić information content (AvgIpc) is 2.55. The number of hydrogen-bond acceptors (Lipinski definition) is 1. The van der Waals surface area contributed by atoms with E-state index in [9.17, 15) is 0 Å². The molecule has 0 amide bonds. The minimum atomic E-state index is 0.631. The van der Waals surface area contributed by atoms with Gasteiger partial charge in [-0.3, -0.25) is 4.40 Å². The van der Waals surface area contributed by atoms with Gasteiger partial charge in [0.15, 0.2) is 0 Å². The van der Waals surface area contributed by atoms with Crippen LogP contribution in [0.25, 0.3) is 5.65 Å². The molecule has 16 heavy (non-hydrogen) atoms. The minimum Gasteiger partial charge on any atom is -0.294 e. The number of hydrogen-bond donors (Lipinski definition) is 0. The predicted molar refractivity (Wildman–Crippen MR) is 70.8 cm³/mol. The molecular weight excluding hydrogens is 264 g/mol. The van der Waals surface area contributed by atoms with E-state index in [1.165, 1.54) is 5.56 Å². The lowest BCUT2D eigenvalue weighted by Crippen LogP contribution is -1.94. The molecule has 0 aliphatic heterocycles. The van der Waals surface area contributed by atoms with Gasteiger partial charge in [0.05, 0.1) is 5.69 Å². The van der Waals surface area contributed by atoms with Crippen molar-refractivity contribution in [3.05, 3.63) is 34.2 Å². The Kier molecular flexibility index (Phi) is 3.33. The summed E-state index contributed by atoms with van der Waals surface area (Å²) in [6.45, 7) is 6.61. The Balaban J connectivity index is 2.58. The van der Waals surface area contributed by atoms with Crippen LogP contribution < -0.4 is 0 Å². The van der Waals surface area contributed by atoms with Crippen molar-refractivity contribution in [1.82, 2.24) is 9.38 Å². The number of imidazole rings is 1. The maximum atomic E-state index is 4.74. The molecule has 2 nitrogen and oxygen atoms in total. The number of nitrogens with zero attached hydrogens (tertiary/aromatic N) is 2. The molecule has 0 aliphatic rings. The highest BCUT2D eigenvalue weighted by atomic mass is 79.9. The first-order chi connectivity index (χ1) is 7.63. The van der Waals surface area contributed by atoms with Crippen molar-refractivity contribution in [2.24, 2.45) is 5.92 Å². The average molecular weight is 281 g/mol. The van der Waals surface area contributed by atoms with Gasteiger partial charge in [-0.1, -0.05) is 26.8 Å². The van der Waals surface area contributed by atoms with Crippen LogP contribution in [0.2, 0.25) is 0 Å². The third-order valence-electron chi connectivity index (χ3n) is 2.72. The molecule has 0 N–H and O–H groups in total. The molecule has 2 heterocycles. The highest BCUT2D eigenvalue weighted by molar-refractivity contribution is 9.10. The second-order valence-electron chi connectivity index (χ2n) is 4.53. The minimum absolute atomic E-state index is 0.631. The maximum Gasteiger partial charge on any atom is 0.141 e. The number of aromatic nitrogens is 2. The third-order valence-corrected chi connectivity index (χ3v) is 3.56. The van der Waals surface area contributed by atoms with E-state index in [0.29, 0.717) is 5.92 Å². The number of aryl methyl sites for hydroxylation is 1. The summed E-state index contributed by atoms with van der Waals surface area (Å²) in [5, 5.41) is 0. The smallest absolute Gasteiger partial charge is 0.141 e. The van der Waals surface area contributed by atoms with Crippen molar-refractivity contribution in [2.45, 2.75) is 33.6 Å². The van der Waals surface area contributed by atoms with Crippen LogP contribution >= 0.6 is 15.9 Å². The quantitative estimate of drug-likeness (QED) is 0.835. The molecule has 0 aromatic carbocycles. The summed E-state index contributed by atoms with van der Waals surface area (Å²) in [4.78, 5) is 4.74. The monoisotopic (exact) mass is 280 g/mol. The van der Waals surface area contributed by atoms with Gasteiger partial charge < -0.3 is 0 Å². The molecule has 0 spiro atoms. The lowest BCUT2D eigenvalue weighted by atomic mass is 10.1. The normalized spacial score (nSPS) is 11.6. The highest BCUT2D eigenvalue weighted by Crippen LogP contribution is 2.23. The zero-order valence-electron chi connectivity index (χ0n) is 10.00. The zero-order chi connectivity index (χ0) is 11.7. The van der Waals surface area contributed by atoms with Gasteiger partial charge in [-0.25, -0.2) is 4.98 Å². The van der Waals surface area contributed by atoms with Crippen molar-refractivity contribution in [2.75, 3.05) is 0 Å².